The van der Waals surface area contributed by atoms with Gasteiger partial charge < -0.3 is 27.9 Å². The number of hydrogen-bond donors (Lipinski definition) is 0. The van der Waals surface area contributed by atoms with E-state index in [2.05, 4.69) is 26.0 Å². The summed E-state index contributed by atoms with van der Waals surface area (Å²) in [5.41, 5.74) is 0. The predicted molar refractivity (Wildman–Crippen MR) is 342 cm³/mol. The second-order valence-corrected chi connectivity index (χ2v) is 27.0. The van der Waals surface area contributed by atoms with Crippen LogP contribution in [0.4, 0.5) is 0 Å². The average Bonchev–Trinajstić information content (AvgIpc) is 3.42. The number of ether oxygens (including phenoxy) is 2. The van der Waals surface area contributed by atoms with Gasteiger partial charge in [0.1, 0.15) is 19.8 Å². The first kappa shape index (κ1) is 78.8. The molecule has 0 fully saturated rings. The van der Waals surface area contributed by atoms with Gasteiger partial charge in [-0.25, -0.2) is 0 Å². The monoisotopic (exact) mass is 1150 g/mol. The van der Waals surface area contributed by atoms with Crippen LogP contribution in [-0.4, -0.2) is 70.0 Å². The summed E-state index contributed by atoms with van der Waals surface area (Å²) in [5, 5.41) is 0. The minimum atomic E-state index is -4.63. The molecule has 0 aliphatic carbocycles. The van der Waals surface area contributed by atoms with Crippen LogP contribution in [0.25, 0.3) is 0 Å². The Morgan fingerprint density at radius 1 is 0.375 bits per heavy atom. The molecule has 476 valence electrons. The SMILES string of the molecule is CCCCCCCCCC/C=C\CCCCCCCCCCCCCCCCCCCCCCCCCCCC(=O)OC(COC(=O)CCCCCCCCCCCCCCCCCCCCC)COP(=O)([O-])OCC[N+](C)(C)C. The fourth-order valence-electron chi connectivity index (χ4n) is 10.8. The Morgan fingerprint density at radius 2 is 0.637 bits per heavy atom. The third-order valence-corrected chi connectivity index (χ3v) is 17.2. The van der Waals surface area contributed by atoms with Crippen molar-refractivity contribution >= 4 is 19.8 Å². The maximum atomic E-state index is 12.9. The van der Waals surface area contributed by atoms with Crippen molar-refractivity contribution in [3.63, 3.8) is 0 Å². The van der Waals surface area contributed by atoms with Crippen LogP contribution in [0.2, 0.25) is 0 Å². The molecule has 2 unspecified atom stereocenters. The molecule has 0 saturated heterocycles. The molecule has 9 nitrogen and oxygen atoms in total. The van der Waals surface area contributed by atoms with Crippen molar-refractivity contribution in [2.45, 2.75) is 380 Å². The van der Waals surface area contributed by atoms with E-state index in [9.17, 15) is 19.0 Å². The number of carbonyl (C=O) groups is 2. The van der Waals surface area contributed by atoms with Crippen molar-refractivity contribution < 1.29 is 42.1 Å². The van der Waals surface area contributed by atoms with E-state index < -0.39 is 26.5 Å². The van der Waals surface area contributed by atoms with Crippen LogP contribution in [0, 0.1) is 0 Å². The highest BCUT2D eigenvalue weighted by Gasteiger charge is 2.22. The van der Waals surface area contributed by atoms with E-state index in [1.54, 1.807) is 0 Å². The van der Waals surface area contributed by atoms with Gasteiger partial charge in [-0.05, 0) is 38.5 Å². The summed E-state index contributed by atoms with van der Waals surface area (Å²) in [6.07, 6.45) is 76.0. The Bertz CT molecular complexity index is 1350. The summed E-state index contributed by atoms with van der Waals surface area (Å²) in [5.74, 6) is -0.807. The highest BCUT2D eigenvalue weighted by molar-refractivity contribution is 7.45. The molecule has 0 aliphatic heterocycles. The lowest BCUT2D eigenvalue weighted by atomic mass is 10.0. The molecule has 0 saturated carbocycles. The van der Waals surface area contributed by atoms with Crippen molar-refractivity contribution in [3.8, 4) is 0 Å². The highest BCUT2D eigenvalue weighted by atomic mass is 31.2. The zero-order valence-electron chi connectivity index (χ0n) is 54.3. The fraction of sp³-hybridized carbons (Fsp3) is 0.943. The van der Waals surface area contributed by atoms with Gasteiger partial charge in [-0.3, -0.25) is 14.2 Å². The lowest BCUT2D eigenvalue weighted by Crippen LogP contribution is -2.37. The van der Waals surface area contributed by atoms with Gasteiger partial charge in [-0.2, -0.15) is 0 Å². The molecule has 0 aromatic carbocycles. The lowest BCUT2D eigenvalue weighted by molar-refractivity contribution is -0.870. The lowest BCUT2D eigenvalue weighted by Gasteiger charge is -2.28. The quantitative estimate of drug-likeness (QED) is 0.0195. The summed E-state index contributed by atoms with van der Waals surface area (Å²) in [4.78, 5) is 38.0. The van der Waals surface area contributed by atoms with Crippen molar-refractivity contribution in [1.29, 1.82) is 0 Å². The molecule has 0 aliphatic rings. The van der Waals surface area contributed by atoms with Crippen LogP contribution in [0.5, 0.6) is 0 Å². The van der Waals surface area contributed by atoms with E-state index in [0.29, 0.717) is 17.4 Å². The number of quaternary nitrogens is 1. The molecule has 0 rings (SSSR count). The minimum absolute atomic E-state index is 0.0256. The van der Waals surface area contributed by atoms with Crippen LogP contribution in [0.15, 0.2) is 12.2 Å². The van der Waals surface area contributed by atoms with E-state index in [4.69, 9.17) is 18.5 Å². The summed E-state index contributed by atoms with van der Waals surface area (Å²) in [6, 6.07) is 0. The smallest absolute Gasteiger partial charge is 0.306 e. The molecule has 0 radical (unpaired) electrons. The molecule has 0 heterocycles. The van der Waals surface area contributed by atoms with Crippen LogP contribution in [0.3, 0.4) is 0 Å². The van der Waals surface area contributed by atoms with Gasteiger partial charge in [0.05, 0.1) is 27.7 Å². The van der Waals surface area contributed by atoms with Gasteiger partial charge in [0.15, 0.2) is 6.10 Å². The Kier molecular flexibility index (Phi) is 61.3. The topological polar surface area (TPSA) is 111 Å². The number of allylic oxidation sites excluding steroid dienone is 2. The predicted octanol–water partition coefficient (Wildman–Crippen LogP) is 22.1. The second kappa shape index (κ2) is 62.3. The van der Waals surface area contributed by atoms with E-state index in [-0.39, 0.29) is 32.0 Å². The van der Waals surface area contributed by atoms with Crippen molar-refractivity contribution in [1.82, 2.24) is 0 Å². The van der Waals surface area contributed by atoms with Crippen molar-refractivity contribution in [2.75, 3.05) is 47.5 Å². The number of esters is 2. The van der Waals surface area contributed by atoms with Gasteiger partial charge in [0, 0.05) is 12.8 Å². The largest absolute Gasteiger partial charge is 0.756 e. The Balaban J connectivity index is 3.90. The van der Waals surface area contributed by atoms with E-state index in [0.717, 1.165) is 32.1 Å². The van der Waals surface area contributed by atoms with Gasteiger partial charge in [-0.15, -0.1) is 0 Å². The van der Waals surface area contributed by atoms with Crippen LogP contribution < -0.4 is 4.89 Å². The molecule has 2 atom stereocenters. The first-order chi connectivity index (χ1) is 39.0. The molecule has 0 N–H and O–H groups in total. The third-order valence-electron chi connectivity index (χ3n) is 16.3. The molecule has 0 amide bonds. The maximum absolute atomic E-state index is 12.9. The van der Waals surface area contributed by atoms with Gasteiger partial charge in [-0.1, -0.05) is 334 Å². The normalized spacial score (nSPS) is 13.1. The van der Waals surface area contributed by atoms with Crippen LogP contribution >= 0.6 is 7.82 Å². The summed E-state index contributed by atoms with van der Waals surface area (Å²) in [7, 11) is 1.19. The first-order valence-corrected chi connectivity index (χ1v) is 36.9. The molecule has 10 heteroatoms. The van der Waals surface area contributed by atoms with E-state index >= 15 is 0 Å². The number of phosphoric acid groups is 1. The fourth-order valence-corrected chi connectivity index (χ4v) is 11.6. The molecule has 0 aromatic rings. The summed E-state index contributed by atoms with van der Waals surface area (Å²) < 4.78 is 34.3. The van der Waals surface area contributed by atoms with Crippen LogP contribution in [0.1, 0.15) is 373 Å². The average molecular weight is 1150 g/mol. The Morgan fingerprint density at radius 3 is 0.925 bits per heavy atom. The number of rotatable bonds is 67. The first-order valence-electron chi connectivity index (χ1n) is 35.4. The summed E-state index contributed by atoms with van der Waals surface area (Å²) in [6.45, 7) is 4.32. The Labute approximate surface area is 498 Å². The number of likely N-dealkylation sites (N-methyl/N-ethyl adjacent to an activating group) is 1. The molecule has 80 heavy (non-hydrogen) atoms. The number of hydrogen-bond acceptors (Lipinski definition) is 8. The molecular formula is C70H138NO8P. The molecule has 0 bridgehead atoms. The zero-order chi connectivity index (χ0) is 58.4. The second-order valence-electron chi connectivity index (χ2n) is 25.6. The number of phosphoric ester groups is 1. The number of nitrogens with zero attached hydrogens (tertiary/aromatic N) is 1. The minimum Gasteiger partial charge on any atom is -0.756 e. The highest BCUT2D eigenvalue weighted by Crippen LogP contribution is 2.38. The Hall–Kier alpha value is -1.25. The van der Waals surface area contributed by atoms with Gasteiger partial charge >= 0.3 is 11.9 Å². The number of carbonyl (C=O) groups excluding carboxylic acids is 2. The standard InChI is InChI=1S/C70H138NO8P/c1-6-8-10-12-14-16-18-20-22-24-26-27-28-29-30-31-32-33-34-35-36-37-38-39-40-41-42-43-45-47-49-51-53-55-57-59-61-63-70(73)79-68(67-78-80(74,75)77-65-64-71(3,4)5)66-76-69(72)62-60-58-56-54-52-50-48-46-44-25-23-21-19-17-15-13-11-9-7-2/h24,26,68H,6-23,25,27-67H2,1-5H3/b26-24-. The maximum Gasteiger partial charge on any atom is 0.306 e. The molecule has 0 spiro atoms. The van der Waals surface area contributed by atoms with Gasteiger partial charge in [0.25, 0.3) is 7.82 Å². The number of unbranched alkanes of at least 4 members (excludes halogenated alkanes) is 51. The summed E-state index contributed by atoms with van der Waals surface area (Å²) >= 11 is 0. The van der Waals surface area contributed by atoms with Crippen molar-refractivity contribution in [3.05, 3.63) is 12.2 Å². The molecular weight excluding hydrogens is 1010 g/mol. The van der Waals surface area contributed by atoms with Crippen molar-refractivity contribution in [2.24, 2.45) is 0 Å². The zero-order valence-corrected chi connectivity index (χ0v) is 55.2. The third kappa shape index (κ3) is 65.9. The van der Waals surface area contributed by atoms with E-state index in [1.807, 2.05) is 21.1 Å². The van der Waals surface area contributed by atoms with Gasteiger partial charge in [0.2, 0.25) is 0 Å². The molecule has 0 aromatic heterocycles. The van der Waals surface area contributed by atoms with Crippen LogP contribution in [-0.2, 0) is 32.7 Å². The van der Waals surface area contributed by atoms with E-state index in [1.165, 1.54) is 308 Å².